The van der Waals surface area contributed by atoms with Crippen LogP contribution in [0.15, 0.2) is 34.3 Å². The molecule has 0 aliphatic rings. The first-order valence-corrected chi connectivity index (χ1v) is 10.0. The number of nitrogens with zero attached hydrogens (tertiary/aromatic N) is 2. The van der Waals surface area contributed by atoms with Crippen molar-refractivity contribution in [2.45, 2.75) is 29.8 Å². The molecule has 1 aromatic carbocycles. The zero-order chi connectivity index (χ0) is 17.0. The number of nitrogen functional groups attached to an aromatic ring is 2. The van der Waals surface area contributed by atoms with Crippen molar-refractivity contribution in [3.63, 3.8) is 0 Å². The average Bonchev–Trinajstić information content (AvgIpc) is 2.49. The molecule has 4 N–H and O–H groups in total. The standard InChI is InChI=1S/C15H20N4O2S2/c1-3-8-22-15-18-12(13(16)14(17)19-15)9-10-4-6-11(7-5-10)23(2,20)21/h4-7H,3,8-9,16H2,1-2H3,(H2,17,18,19). The molecule has 8 heteroatoms. The molecular formula is C15H20N4O2S2. The summed E-state index contributed by atoms with van der Waals surface area (Å²) in [6.07, 6.45) is 2.67. The first kappa shape index (κ1) is 17.6. The van der Waals surface area contributed by atoms with Gasteiger partial charge in [-0.2, -0.15) is 0 Å². The molecule has 0 radical (unpaired) electrons. The highest BCUT2D eigenvalue weighted by Gasteiger charge is 2.12. The van der Waals surface area contributed by atoms with Gasteiger partial charge >= 0.3 is 0 Å². The van der Waals surface area contributed by atoms with Crippen LogP contribution < -0.4 is 11.5 Å². The van der Waals surface area contributed by atoms with E-state index in [1.54, 1.807) is 24.3 Å². The molecule has 0 aliphatic carbocycles. The molecule has 0 saturated heterocycles. The third-order valence-corrected chi connectivity index (χ3v) is 5.37. The number of aromatic nitrogens is 2. The van der Waals surface area contributed by atoms with Gasteiger partial charge in [-0.15, -0.1) is 0 Å². The van der Waals surface area contributed by atoms with Crippen molar-refractivity contribution in [1.82, 2.24) is 9.97 Å². The Morgan fingerprint density at radius 3 is 2.35 bits per heavy atom. The van der Waals surface area contributed by atoms with E-state index < -0.39 is 9.84 Å². The van der Waals surface area contributed by atoms with Gasteiger partial charge < -0.3 is 11.5 Å². The summed E-state index contributed by atoms with van der Waals surface area (Å²) in [4.78, 5) is 8.94. The van der Waals surface area contributed by atoms with Gasteiger partial charge in [-0.3, -0.25) is 0 Å². The molecular weight excluding hydrogens is 332 g/mol. The topological polar surface area (TPSA) is 112 Å². The van der Waals surface area contributed by atoms with Crippen molar-refractivity contribution in [2.75, 3.05) is 23.5 Å². The van der Waals surface area contributed by atoms with E-state index in [0.29, 0.717) is 23.0 Å². The molecule has 0 aliphatic heterocycles. The van der Waals surface area contributed by atoms with E-state index in [2.05, 4.69) is 16.9 Å². The summed E-state index contributed by atoms with van der Waals surface area (Å²) in [6, 6.07) is 6.68. The molecule has 0 amide bonds. The van der Waals surface area contributed by atoms with Crippen molar-refractivity contribution in [1.29, 1.82) is 0 Å². The Labute approximate surface area is 140 Å². The predicted octanol–water partition coefficient (Wildman–Crippen LogP) is 2.14. The highest BCUT2D eigenvalue weighted by Crippen LogP contribution is 2.24. The first-order valence-electron chi connectivity index (χ1n) is 7.15. The molecule has 23 heavy (non-hydrogen) atoms. The van der Waals surface area contributed by atoms with Crippen LogP contribution in [0.3, 0.4) is 0 Å². The maximum Gasteiger partial charge on any atom is 0.189 e. The third kappa shape index (κ3) is 4.59. The van der Waals surface area contributed by atoms with Crippen molar-refractivity contribution >= 4 is 33.1 Å². The monoisotopic (exact) mass is 352 g/mol. The molecule has 0 atom stereocenters. The second kappa shape index (κ2) is 7.18. The number of rotatable bonds is 6. The summed E-state index contributed by atoms with van der Waals surface area (Å²) in [7, 11) is -3.20. The minimum atomic E-state index is -3.20. The largest absolute Gasteiger partial charge is 0.394 e. The quantitative estimate of drug-likeness (QED) is 0.605. The van der Waals surface area contributed by atoms with E-state index in [9.17, 15) is 8.42 Å². The fourth-order valence-corrected chi connectivity index (χ4v) is 3.31. The first-order chi connectivity index (χ1) is 10.8. The Morgan fingerprint density at radius 2 is 1.78 bits per heavy atom. The minimum Gasteiger partial charge on any atom is -0.394 e. The predicted molar refractivity (Wildman–Crippen MR) is 94.2 cm³/mol. The van der Waals surface area contributed by atoms with Crippen LogP contribution in [0.5, 0.6) is 0 Å². The van der Waals surface area contributed by atoms with Crippen LogP contribution in [0.4, 0.5) is 11.5 Å². The average molecular weight is 352 g/mol. The van der Waals surface area contributed by atoms with Crippen molar-refractivity contribution in [2.24, 2.45) is 0 Å². The Morgan fingerprint density at radius 1 is 1.13 bits per heavy atom. The lowest BCUT2D eigenvalue weighted by Gasteiger charge is -2.10. The van der Waals surface area contributed by atoms with Gasteiger partial charge in [0.05, 0.1) is 16.3 Å². The summed E-state index contributed by atoms with van der Waals surface area (Å²) in [6.45, 7) is 2.08. The van der Waals surface area contributed by atoms with E-state index in [1.807, 2.05) is 0 Å². The lowest BCUT2D eigenvalue weighted by molar-refractivity contribution is 0.602. The van der Waals surface area contributed by atoms with E-state index in [1.165, 1.54) is 18.0 Å². The normalized spacial score (nSPS) is 11.6. The molecule has 1 heterocycles. The van der Waals surface area contributed by atoms with Crippen LogP contribution in [-0.2, 0) is 16.3 Å². The van der Waals surface area contributed by atoms with Gasteiger partial charge in [-0.25, -0.2) is 18.4 Å². The Balaban J connectivity index is 2.26. The SMILES string of the molecule is CCCSc1nc(N)c(N)c(Cc2ccc(S(C)(=O)=O)cc2)n1. The van der Waals surface area contributed by atoms with Crippen molar-refractivity contribution < 1.29 is 8.42 Å². The summed E-state index contributed by atoms with van der Waals surface area (Å²) in [5.41, 5.74) is 13.8. The number of thioether (sulfide) groups is 1. The zero-order valence-corrected chi connectivity index (χ0v) is 14.7. The smallest absolute Gasteiger partial charge is 0.189 e. The van der Waals surface area contributed by atoms with Crippen molar-refractivity contribution in [3.8, 4) is 0 Å². The number of anilines is 2. The van der Waals surface area contributed by atoms with E-state index >= 15 is 0 Å². The molecule has 0 spiro atoms. The highest BCUT2D eigenvalue weighted by atomic mass is 32.2. The summed E-state index contributed by atoms with van der Waals surface area (Å²) < 4.78 is 23.0. The number of nitrogens with two attached hydrogens (primary N) is 2. The Bertz CT molecular complexity index is 790. The van der Waals surface area contributed by atoms with Crippen LogP contribution in [0, 0.1) is 0 Å². The van der Waals surface area contributed by atoms with Gasteiger partial charge in [0.2, 0.25) is 0 Å². The molecule has 0 bridgehead atoms. The second-order valence-corrected chi connectivity index (χ2v) is 8.27. The van der Waals surface area contributed by atoms with E-state index in [0.717, 1.165) is 17.7 Å². The Kier molecular flexibility index (Phi) is 5.48. The summed E-state index contributed by atoms with van der Waals surface area (Å²) in [5.74, 6) is 1.19. The zero-order valence-electron chi connectivity index (χ0n) is 13.1. The highest BCUT2D eigenvalue weighted by molar-refractivity contribution is 7.99. The number of sulfone groups is 1. The molecule has 2 aromatic rings. The van der Waals surface area contributed by atoms with Gasteiger partial charge in [-0.1, -0.05) is 30.8 Å². The fourth-order valence-electron chi connectivity index (χ4n) is 1.95. The van der Waals surface area contributed by atoms with Crippen LogP contribution in [0.1, 0.15) is 24.6 Å². The van der Waals surface area contributed by atoms with Gasteiger partial charge in [0.15, 0.2) is 20.8 Å². The number of benzene rings is 1. The minimum absolute atomic E-state index is 0.279. The van der Waals surface area contributed by atoms with Gasteiger partial charge in [0.25, 0.3) is 0 Å². The molecule has 0 saturated carbocycles. The van der Waals surface area contributed by atoms with Crippen LogP contribution in [-0.4, -0.2) is 30.4 Å². The molecule has 124 valence electrons. The van der Waals surface area contributed by atoms with Crippen LogP contribution in [0.2, 0.25) is 0 Å². The van der Waals surface area contributed by atoms with Crippen molar-refractivity contribution in [3.05, 3.63) is 35.5 Å². The lowest BCUT2D eigenvalue weighted by Crippen LogP contribution is -2.07. The molecule has 0 fully saturated rings. The van der Waals surface area contributed by atoms with E-state index in [-0.39, 0.29) is 10.7 Å². The van der Waals surface area contributed by atoms with E-state index in [4.69, 9.17) is 11.5 Å². The fraction of sp³-hybridized carbons (Fsp3) is 0.333. The second-order valence-electron chi connectivity index (χ2n) is 5.19. The maximum atomic E-state index is 11.5. The molecule has 2 rings (SSSR count). The molecule has 0 unspecified atom stereocenters. The lowest BCUT2D eigenvalue weighted by atomic mass is 10.1. The van der Waals surface area contributed by atoms with Gasteiger partial charge in [0.1, 0.15) is 0 Å². The van der Waals surface area contributed by atoms with Crippen LogP contribution >= 0.6 is 11.8 Å². The summed E-state index contributed by atoms with van der Waals surface area (Å²) in [5, 5.41) is 0.612. The number of hydrogen-bond acceptors (Lipinski definition) is 7. The Hall–Kier alpha value is -1.80. The van der Waals surface area contributed by atoms with Crippen LogP contribution in [0.25, 0.3) is 0 Å². The molecule has 1 aromatic heterocycles. The number of hydrogen-bond donors (Lipinski definition) is 2. The van der Waals surface area contributed by atoms with Gasteiger partial charge in [0, 0.05) is 18.4 Å². The third-order valence-electron chi connectivity index (χ3n) is 3.19. The van der Waals surface area contributed by atoms with Gasteiger partial charge in [-0.05, 0) is 24.1 Å². The molecule has 6 nitrogen and oxygen atoms in total. The summed E-state index contributed by atoms with van der Waals surface area (Å²) >= 11 is 1.54. The maximum absolute atomic E-state index is 11.5.